The Kier molecular flexibility index (Phi) is 6.35. The summed E-state index contributed by atoms with van der Waals surface area (Å²) in [6.45, 7) is 5.18. The molecule has 0 saturated carbocycles. The summed E-state index contributed by atoms with van der Waals surface area (Å²) in [5.41, 5.74) is 1.42. The highest BCUT2D eigenvalue weighted by atomic mass is 35.5. The van der Waals surface area contributed by atoms with Gasteiger partial charge in [0.15, 0.2) is 0 Å². The zero-order valence-electron chi connectivity index (χ0n) is 14.8. The van der Waals surface area contributed by atoms with Crippen molar-refractivity contribution in [3.8, 4) is 0 Å². The molecule has 0 aromatic heterocycles. The van der Waals surface area contributed by atoms with E-state index >= 15 is 0 Å². The third-order valence-electron chi connectivity index (χ3n) is 3.31. The van der Waals surface area contributed by atoms with Gasteiger partial charge in [0, 0.05) is 0 Å². The average molecular weight is 383 g/mol. The lowest BCUT2D eigenvalue weighted by molar-refractivity contribution is 0.0736. The first-order valence-electron chi connectivity index (χ1n) is 7.72. The Hall–Kier alpha value is -2.87. The molecule has 0 aliphatic carbocycles. The van der Waals surface area contributed by atoms with E-state index in [9.17, 15) is 9.59 Å². The van der Waals surface area contributed by atoms with Crippen LogP contribution in [0.15, 0.2) is 47.4 Å². The molecule has 0 fully saturated rings. The summed E-state index contributed by atoms with van der Waals surface area (Å²) < 4.78 is 20.0. The minimum absolute atomic E-state index is 0.0508. The minimum atomic E-state index is -0.937. The third-order valence-corrected chi connectivity index (χ3v) is 3.62. The Balaban J connectivity index is 2.54. The first-order valence-corrected chi connectivity index (χ1v) is 8.10. The minimum Gasteiger partial charge on any atom is -0.437 e. The van der Waals surface area contributed by atoms with Crippen LogP contribution in [0.1, 0.15) is 20.8 Å². The van der Waals surface area contributed by atoms with Gasteiger partial charge in [0.2, 0.25) is 11.8 Å². The Morgan fingerprint density at radius 2 is 1.65 bits per heavy atom. The molecule has 0 amide bonds. The lowest BCUT2D eigenvalue weighted by Crippen LogP contribution is -2.37. The molecule has 2 rings (SSSR count). The van der Waals surface area contributed by atoms with Crippen molar-refractivity contribution in [2.45, 2.75) is 20.8 Å². The molecule has 0 spiro atoms. The lowest BCUT2D eigenvalue weighted by Gasteiger charge is -2.33. The lowest BCUT2D eigenvalue weighted by atomic mass is 10.2. The number of methoxy groups -OCH3 is 1. The van der Waals surface area contributed by atoms with Crippen LogP contribution in [0.4, 0.5) is 15.3 Å². The number of carbonyl (C=O) groups excluding carboxylic acids is 2. The second-order valence-electron chi connectivity index (χ2n) is 5.11. The molecule has 1 heterocycles. The van der Waals surface area contributed by atoms with Gasteiger partial charge in [-0.2, -0.15) is 0 Å². The second-order valence-corrected chi connectivity index (χ2v) is 5.52. The van der Waals surface area contributed by atoms with Gasteiger partial charge in [0.05, 0.1) is 35.8 Å². The molecular weight excluding hydrogens is 364 g/mol. The number of nitrogens with zero attached hydrogens (tertiary/aromatic N) is 1. The van der Waals surface area contributed by atoms with Crippen molar-refractivity contribution >= 4 is 29.6 Å². The Morgan fingerprint density at radius 1 is 1.08 bits per heavy atom. The number of para-hydroxylation sites is 1. The summed E-state index contributed by atoms with van der Waals surface area (Å²) in [6.07, 6.45) is -1.84. The normalized spacial score (nSPS) is 14.0. The Labute approximate surface area is 155 Å². The maximum atomic E-state index is 11.9. The standard InChI is InChI=1S/C17H19ClN2O6/c1-5-24-17(22)26-15-11(3)19-10(2)14(25-16(21)23-4)20(15)13-9-7-6-8-12(13)18/h6-9,19H,5H2,1-4H3. The number of rotatable bonds is 4. The highest BCUT2D eigenvalue weighted by Gasteiger charge is 2.33. The molecule has 8 nitrogen and oxygen atoms in total. The molecule has 0 unspecified atom stereocenters. The predicted octanol–water partition coefficient (Wildman–Crippen LogP) is 4.08. The zero-order chi connectivity index (χ0) is 19.3. The van der Waals surface area contributed by atoms with E-state index in [2.05, 4.69) is 10.1 Å². The molecule has 26 heavy (non-hydrogen) atoms. The topological polar surface area (TPSA) is 86.3 Å². The van der Waals surface area contributed by atoms with Crippen molar-refractivity contribution in [3.63, 3.8) is 0 Å². The van der Waals surface area contributed by atoms with Crippen LogP contribution < -0.4 is 10.2 Å². The van der Waals surface area contributed by atoms with Crippen LogP contribution in [0.25, 0.3) is 0 Å². The molecule has 1 aliphatic rings. The van der Waals surface area contributed by atoms with E-state index in [1.807, 2.05) is 0 Å². The molecule has 1 aromatic rings. The van der Waals surface area contributed by atoms with E-state index in [1.54, 1.807) is 45.0 Å². The summed E-state index contributed by atoms with van der Waals surface area (Å²) in [7, 11) is 1.19. The number of carbonyl (C=O) groups is 2. The van der Waals surface area contributed by atoms with Crippen LogP contribution in [-0.4, -0.2) is 26.0 Å². The van der Waals surface area contributed by atoms with E-state index < -0.39 is 12.3 Å². The van der Waals surface area contributed by atoms with E-state index in [4.69, 9.17) is 25.8 Å². The largest absolute Gasteiger partial charge is 0.515 e. The summed E-state index contributed by atoms with van der Waals surface area (Å²) in [5, 5.41) is 3.34. The predicted molar refractivity (Wildman–Crippen MR) is 94.1 cm³/mol. The van der Waals surface area contributed by atoms with E-state index in [1.165, 1.54) is 12.0 Å². The van der Waals surface area contributed by atoms with Crippen LogP contribution in [0.5, 0.6) is 0 Å². The number of halogens is 1. The fraction of sp³-hybridized carbons (Fsp3) is 0.294. The molecule has 140 valence electrons. The van der Waals surface area contributed by atoms with Gasteiger partial charge < -0.3 is 24.3 Å². The Morgan fingerprint density at radius 3 is 2.19 bits per heavy atom. The number of hydrogen-bond acceptors (Lipinski definition) is 8. The van der Waals surface area contributed by atoms with Crippen molar-refractivity contribution < 1.29 is 28.5 Å². The quantitative estimate of drug-likeness (QED) is 0.779. The molecule has 0 bridgehead atoms. The maximum Gasteiger partial charge on any atom is 0.515 e. The number of allylic oxidation sites excluding steroid dienone is 2. The van der Waals surface area contributed by atoms with Crippen molar-refractivity contribution in [2.24, 2.45) is 0 Å². The van der Waals surface area contributed by atoms with Gasteiger partial charge in [-0.15, -0.1) is 0 Å². The number of hydrogen-bond donors (Lipinski definition) is 1. The van der Waals surface area contributed by atoms with E-state index in [0.717, 1.165) is 0 Å². The molecule has 0 radical (unpaired) electrons. The molecule has 9 heteroatoms. The van der Waals surface area contributed by atoms with Crippen molar-refractivity contribution in [1.29, 1.82) is 0 Å². The van der Waals surface area contributed by atoms with Crippen LogP contribution in [0.3, 0.4) is 0 Å². The zero-order valence-corrected chi connectivity index (χ0v) is 15.5. The molecular formula is C17H19ClN2O6. The number of anilines is 1. The van der Waals surface area contributed by atoms with Crippen LogP contribution in [0.2, 0.25) is 5.02 Å². The van der Waals surface area contributed by atoms with E-state index in [0.29, 0.717) is 22.1 Å². The number of ether oxygens (including phenoxy) is 4. The van der Waals surface area contributed by atoms with Crippen molar-refractivity contribution in [2.75, 3.05) is 18.6 Å². The van der Waals surface area contributed by atoms with Gasteiger partial charge in [0.1, 0.15) is 0 Å². The van der Waals surface area contributed by atoms with Crippen LogP contribution in [-0.2, 0) is 18.9 Å². The fourth-order valence-electron chi connectivity index (χ4n) is 2.26. The SMILES string of the molecule is CCOC(=O)OC1=C(C)NC(C)=C(OC(=O)OC)N1c1ccccc1Cl. The molecule has 1 aromatic carbocycles. The van der Waals surface area contributed by atoms with Crippen LogP contribution >= 0.6 is 11.6 Å². The van der Waals surface area contributed by atoms with Gasteiger partial charge in [-0.3, -0.25) is 0 Å². The first kappa shape index (κ1) is 19.5. The molecule has 0 atom stereocenters. The van der Waals surface area contributed by atoms with Gasteiger partial charge >= 0.3 is 12.3 Å². The summed E-state index contributed by atoms with van der Waals surface area (Å²) in [4.78, 5) is 25.0. The molecule has 1 aliphatic heterocycles. The second kappa shape index (κ2) is 8.48. The summed E-state index contributed by atoms with van der Waals surface area (Å²) in [5.74, 6) is 0.107. The maximum absolute atomic E-state index is 11.9. The number of nitrogens with one attached hydrogen (secondary N) is 1. The van der Waals surface area contributed by atoms with E-state index in [-0.39, 0.29) is 18.4 Å². The van der Waals surface area contributed by atoms with Crippen LogP contribution in [0, 0.1) is 0 Å². The Bertz CT molecular complexity index is 774. The fourth-order valence-corrected chi connectivity index (χ4v) is 2.48. The third kappa shape index (κ3) is 4.20. The van der Waals surface area contributed by atoms with Gasteiger partial charge in [-0.05, 0) is 32.9 Å². The van der Waals surface area contributed by atoms with Crippen molar-refractivity contribution in [3.05, 3.63) is 52.4 Å². The van der Waals surface area contributed by atoms with Gasteiger partial charge in [-0.25, -0.2) is 14.5 Å². The highest BCUT2D eigenvalue weighted by molar-refractivity contribution is 6.33. The van der Waals surface area contributed by atoms with Crippen molar-refractivity contribution in [1.82, 2.24) is 5.32 Å². The van der Waals surface area contributed by atoms with Gasteiger partial charge in [-0.1, -0.05) is 23.7 Å². The first-order chi connectivity index (χ1) is 12.4. The average Bonchev–Trinajstić information content (AvgIpc) is 2.60. The number of benzene rings is 1. The summed E-state index contributed by atoms with van der Waals surface area (Å²) in [6, 6.07) is 6.82. The molecule has 1 N–H and O–H groups in total. The summed E-state index contributed by atoms with van der Waals surface area (Å²) >= 11 is 6.30. The van der Waals surface area contributed by atoms with Gasteiger partial charge in [0.25, 0.3) is 0 Å². The monoisotopic (exact) mass is 382 g/mol. The molecule has 0 saturated heterocycles. The highest BCUT2D eigenvalue weighted by Crippen LogP contribution is 2.36. The smallest absolute Gasteiger partial charge is 0.437 e.